The first-order valence-corrected chi connectivity index (χ1v) is 10.4. The molecule has 4 heteroatoms. The molecule has 29 heavy (non-hydrogen) atoms. The molecule has 0 unspecified atom stereocenters. The van der Waals surface area contributed by atoms with Crippen LogP contribution in [-0.4, -0.2) is 46.5 Å². The molecule has 150 valence electrons. The lowest BCUT2D eigenvalue weighted by Crippen LogP contribution is -2.48. The zero-order valence-corrected chi connectivity index (χ0v) is 17.1. The normalized spacial score (nSPS) is 16.0. The SMILES string of the molecule is Cc1cccc([C@@H](CC(=O)N2CCN(Cc3ccccc3)CC2)n2cccc2)c1. The van der Waals surface area contributed by atoms with Crippen LogP contribution in [-0.2, 0) is 11.3 Å². The van der Waals surface area contributed by atoms with E-state index in [1.807, 2.05) is 17.0 Å². The van der Waals surface area contributed by atoms with Gasteiger partial charge >= 0.3 is 0 Å². The van der Waals surface area contributed by atoms with Crippen LogP contribution in [0.5, 0.6) is 0 Å². The van der Waals surface area contributed by atoms with E-state index in [0.717, 1.165) is 32.7 Å². The second kappa shape index (κ2) is 9.10. The monoisotopic (exact) mass is 387 g/mol. The van der Waals surface area contributed by atoms with E-state index in [9.17, 15) is 4.79 Å². The zero-order chi connectivity index (χ0) is 20.1. The van der Waals surface area contributed by atoms with Gasteiger partial charge in [-0.05, 0) is 30.2 Å². The van der Waals surface area contributed by atoms with Crippen LogP contribution >= 0.6 is 0 Å². The maximum atomic E-state index is 13.1. The van der Waals surface area contributed by atoms with Gasteiger partial charge in [-0.25, -0.2) is 0 Å². The maximum Gasteiger partial charge on any atom is 0.225 e. The van der Waals surface area contributed by atoms with Gasteiger partial charge in [0, 0.05) is 45.1 Å². The molecular formula is C25H29N3O. The summed E-state index contributed by atoms with van der Waals surface area (Å²) in [7, 11) is 0. The number of nitrogens with zero attached hydrogens (tertiary/aromatic N) is 3. The van der Waals surface area contributed by atoms with Crippen molar-refractivity contribution < 1.29 is 4.79 Å². The Hall–Kier alpha value is -2.85. The van der Waals surface area contributed by atoms with E-state index in [4.69, 9.17) is 0 Å². The fourth-order valence-corrected chi connectivity index (χ4v) is 4.12. The molecule has 0 saturated carbocycles. The summed E-state index contributed by atoms with van der Waals surface area (Å²) in [6.07, 6.45) is 4.60. The number of rotatable bonds is 6. The molecular weight excluding hydrogens is 358 g/mol. The molecule has 1 aromatic heterocycles. The summed E-state index contributed by atoms with van der Waals surface area (Å²) in [5.74, 6) is 0.240. The largest absolute Gasteiger partial charge is 0.346 e. The second-order valence-electron chi connectivity index (χ2n) is 7.91. The fourth-order valence-electron chi connectivity index (χ4n) is 4.12. The van der Waals surface area contributed by atoms with E-state index in [2.05, 4.69) is 83.4 Å². The van der Waals surface area contributed by atoms with Gasteiger partial charge in [0.1, 0.15) is 0 Å². The van der Waals surface area contributed by atoms with Crippen molar-refractivity contribution >= 4 is 5.91 Å². The third-order valence-electron chi connectivity index (χ3n) is 5.76. The van der Waals surface area contributed by atoms with E-state index >= 15 is 0 Å². The number of carbonyl (C=O) groups is 1. The Bertz CT molecular complexity index is 912. The van der Waals surface area contributed by atoms with Gasteiger partial charge in [0.15, 0.2) is 0 Å². The minimum Gasteiger partial charge on any atom is -0.346 e. The first-order valence-electron chi connectivity index (χ1n) is 10.4. The van der Waals surface area contributed by atoms with Crippen LogP contribution in [0.1, 0.15) is 29.2 Å². The van der Waals surface area contributed by atoms with Crippen LogP contribution in [0, 0.1) is 6.92 Å². The molecule has 1 fully saturated rings. The zero-order valence-electron chi connectivity index (χ0n) is 17.1. The van der Waals surface area contributed by atoms with Crippen LogP contribution in [0.4, 0.5) is 0 Å². The van der Waals surface area contributed by atoms with E-state index in [-0.39, 0.29) is 11.9 Å². The van der Waals surface area contributed by atoms with Crippen molar-refractivity contribution in [2.24, 2.45) is 0 Å². The molecule has 1 atom stereocenters. The van der Waals surface area contributed by atoms with E-state index in [1.54, 1.807) is 0 Å². The number of benzene rings is 2. The Morgan fingerprint density at radius 3 is 2.31 bits per heavy atom. The van der Waals surface area contributed by atoms with Crippen LogP contribution in [0.25, 0.3) is 0 Å². The molecule has 1 amide bonds. The fraction of sp³-hybridized carbons (Fsp3) is 0.320. The average Bonchev–Trinajstić information content (AvgIpc) is 3.28. The van der Waals surface area contributed by atoms with Crippen molar-refractivity contribution in [1.29, 1.82) is 0 Å². The molecule has 0 radical (unpaired) electrons. The smallest absolute Gasteiger partial charge is 0.225 e. The highest BCUT2D eigenvalue weighted by Crippen LogP contribution is 2.24. The van der Waals surface area contributed by atoms with Gasteiger partial charge in [-0.2, -0.15) is 0 Å². The van der Waals surface area contributed by atoms with Crippen molar-refractivity contribution in [3.05, 3.63) is 95.8 Å². The third-order valence-corrected chi connectivity index (χ3v) is 5.76. The Labute approximate surface area is 173 Å². The van der Waals surface area contributed by atoms with Gasteiger partial charge in [0.25, 0.3) is 0 Å². The van der Waals surface area contributed by atoms with Crippen molar-refractivity contribution in [1.82, 2.24) is 14.4 Å². The van der Waals surface area contributed by atoms with Crippen molar-refractivity contribution in [2.75, 3.05) is 26.2 Å². The number of carbonyl (C=O) groups excluding carboxylic acids is 1. The number of piperazine rings is 1. The molecule has 1 aliphatic rings. The van der Waals surface area contributed by atoms with Crippen LogP contribution in [0.15, 0.2) is 79.1 Å². The molecule has 0 aliphatic carbocycles. The minimum atomic E-state index is 0.0414. The minimum absolute atomic E-state index is 0.0414. The van der Waals surface area contributed by atoms with E-state index in [1.165, 1.54) is 16.7 Å². The van der Waals surface area contributed by atoms with Gasteiger partial charge in [0.2, 0.25) is 5.91 Å². The van der Waals surface area contributed by atoms with Crippen molar-refractivity contribution in [3.8, 4) is 0 Å². The summed E-state index contributed by atoms with van der Waals surface area (Å²) >= 11 is 0. The lowest BCUT2D eigenvalue weighted by molar-refractivity contribution is -0.133. The molecule has 4 nitrogen and oxygen atoms in total. The quantitative estimate of drug-likeness (QED) is 0.636. The summed E-state index contributed by atoms with van der Waals surface area (Å²) in [5.41, 5.74) is 3.75. The topological polar surface area (TPSA) is 28.5 Å². The van der Waals surface area contributed by atoms with Crippen molar-refractivity contribution in [3.63, 3.8) is 0 Å². The Morgan fingerprint density at radius 1 is 0.897 bits per heavy atom. The van der Waals surface area contributed by atoms with Crippen LogP contribution in [0.3, 0.4) is 0 Å². The highest BCUT2D eigenvalue weighted by molar-refractivity contribution is 5.77. The predicted molar refractivity (Wildman–Crippen MR) is 117 cm³/mol. The average molecular weight is 388 g/mol. The highest BCUT2D eigenvalue weighted by Gasteiger charge is 2.25. The Kier molecular flexibility index (Phi) is 6.11. The molecule has 1 saturated heterocycles. The summed E-state index contributed by atoms with van der Waals surface area (Å²) in [4.78, 5) is 17.6. The molecule has 0 N–H and O–H groups in total. The van der Waals surface area contributed by atoms with E-state index < -0.39 is 0 Å². The van der Waals surface area contributed by atoms with E-state index in [0.29, 0.717) is 6.42 Å². The van der Waals surface area contributed by atoms with Gasteiger partial charge < -0.3 is 9.47 Å². The summed E-state index contributed by atoms with van der Waals surface area (Å²) in [6.45, 7) is 6.52. The third kappa shape index (κ3) is 4.96. The number of hydrogen-bond acceptors (Lipinski definition) is 2. The highest BCUT2D eigenvalue weighted by atomic mass is 16.2. The second-order valence-corrected chi connectivity index (χ2v) is 7.91. The van der Waals surface area contributed by atoms with Crippen LogP contribution in [0.2, 0.25) is 0 Å². The number of hydrogen-bond donors (Lipinski definition) is 0. The van der Waals surface area contributed by atoms with Gasteiger partial charge in [0.05, 0.1) is 12.5 Å². The molecule has 3 aromatic rings. The molecule has 0 bridgehead atoms. The molecule has 1 aliphatic heterocycles. The number of aromatic nitrogens is 1. The molecule has 2 heterocycles. The van der Waals surface area contributed by atoms with Crippen molar-refractivity contribution in [2.45, 2.75) is 25.9 Å². The van der Waals surface area contributed by atoms with Crippen LogP contribution < -0.4 is 0 Å². The standard InChI is InChI=1S/C25H29N3O/c1-21-8-7-11-23(18-21)24(27-12-5-6-13-27)19-25(29)28-16-14-26(15-17-28)20-22-9-3-2-4-10-22/h2-13,18,24H,14-17,19-20H2,1H3/t24-/m1/s1. The van der Waals surface area contributed by atoms with Gasteiger partial charge in [-0.15, -0.1) is 0 Å². The summed E-state index contributed by atoms with van der Waals surface area (Å²) in [5, 5.41) is 0. The first kappa shape index (κ1) is 19.5. The summed E-state index contributed by atoms with van der Waals surface area (Å²) in [6, 6.07) is 23.1. The van der Waals surface area contributed by atoms with Gasteiger partial charge in [-0.1, -0.05) is 60.2 Å². The lowest BCUT2D eigenvalue weighted by atomic mass is 10.0. The number of amides is 1. The first-order chi connectivity index (χ1) is 14.2. The van der Waals surface area contributed by atoms with Gasteiger partial charge in [-0.3, -0.25) is 9.69 Å². The number of aryl methyl sites for hydroxylation is 1. The molecule has 0 spiro atoms. The predicted octanol–water partition coefficient (Wildman–Crippen LogP) is 4.12. The summed E-state index contributed by atoms with van der Waals surface area (Å²) < 4.78 is 2.15. The Morgan fingerprint density at radius 2 is 1.62 bits per heavy atom. The Balaban J connectivity index is 1.38. The molecule has 4 rings (SSSR count). The lowest BCUT2D eigenvalue weighted by Gasteiger charge is -2.35. The molecule has 2 aromatic carbocycles. The maximum absolute atomic E-state index is 13.1.